The molecule has 3 N–H and O–H groups in total. The zero-order valence-corrected chi connectivity index (χ0v) is 27.3. The molecule has 2 unspecified atom stereocenters. The van der Waals surface area contributed by atoms with E-state index in [0.29, 0.717) is 23.2 Å². The molecule has 0 aliphatic rings. The average Bonchev–Trinajstić information content (AvgIpc) is 3.08. The first-order valence-electron chi connectivity index (χ1n) is 15.5. The number of hydrogen-bond acceptors (Lipinski definition) is 7. The zero-order valence-electron chi connectivity index (χ0n) is 27.3. The molecule has 0 spiro atoms. The second-order valence-corrected chi connectivity index (χ2v) is 11.9. The molecule has 3 rings (SSSR count). The molecular formula is C36H41F2N3O7. The lowest BCUT2D eigenvalue weighted by Crippen LogP contribution is -2.60. The standard InChI is InChI=1S/C36H41F2N3O7/c1-23(2)30(20-42)40-34(45)36(37,38)32(43)29(19-25-15-17-28(18-16-25)47-21-26-11-7-5-8-12-26)39-33(44)31(24(3)4)41-35(46)48-22-27-13-9-6-10-14-27/h5-18,20,23-24,29-31H,19,21-22H2,1-4H3,(H,39,44)(H,40,45)(H,41,46)/t29?,30?,31-/m0/s1. The van der Waals surface area contributed by atoms with Gasteiger partial charge in [0.05, 0.1) is 12.1 Å². The van der Waals surface area contributed by atoms with Crippen LogP contribution in [0.3, 0.4) is 0 Å². The number of hydrogen-bond donors (Lipinski definition) is 3. The topological polar surface area (TPSA) is 140 Å². The third-order valence-corrected chi connectivity index (χ3v) is 7.44. The molecule has 12 heteroatoms. The Morgan fingerprint density at radius 2 is 1.29 bits per heavy atom. The number of ketones is 1. The highest BCUT2D eigenvalue weighted by Gasteiger charge is 2.51. The Bertz CT molecular complexity index is 1520. The number of Topliss-reactive ketones (excluding diaryl/α,β-unsaturated/α-hetero) is 1. The van der Waals surface area contributed by atoms with Crippen LogP contribution in [0.15, 0.2) is 84.9 Å². The van der Waals surface area contributed by atoms with Gasteiger partial charge in [-0.3, -0.25) is 14.4 Å². The molecule has 0 saturated heterocycles. The van der Waals surface area contributed by atoms with Crippen molar-refractivity contribution in [1.29, 1.82) is 0 Å². The van der Waals surface area contributed by atoms with Crippen LogP contribution in [-0.2, 0) is 43.5 Å². The van der Waals surface area contributed by atoms with E-state index < -0.39 is 66.0 Å². The normalized spacial score (nSPS) is 13.2. The summed E-state index contributed by atoms with van der Waals surface area (Å²) >= 11 is 0. The van der Waals surface area contributed by atoms with E-state index >= 15 is 8.78 Å². The van der Waals surface area contributed by atoms with Crippen LogP contribution in [0.4, 0.5) is 13.6 Å². The molecule has 3 aromatic carbocycles. The van der Waals surface area contributed by atoms with E-state index in [4.69, 9.17) is 9.47 Å². The van der Waals surface area contributed by atoms with E-state index in [2.05, 4.69) is 10.6 Å². The lowest BCUT2D eigenvalue weighted by molar-refractivity contribution is -0.161. The number of carbonyl (C=O) groups is 5. The summed E-state index contributed by atoms with van der Waals surface area (Å²) in [5.74, 6) is -9.99. The number of amides is 3. The summed E-state index contributed by atoms with van der Waals surface area (Å²) in [6, 6.07) is 20.1. The minimum Gasteiger partial charge on any atom is -0.489 e. The fourth-order valence-electron chi connectivity index (χ4n) is 4.53. The van der Waals surface area contributed by atoms with Gasteiger partial charge in [0.25, 0.3) is 5.91 Å². The Hall–Kier alpha value is -5.13. The Morgan fingerprint density at radius 1 is 0.729 bits per heavy atom. The van der Waals surface area contributed by atoms with Crippen molar-refractivity contribution in [3.05, 3.63) is 102 Å². The monoisotopic (exact) mass is 665 g/mol. The summed E-state index contributed by atoms with van der Waals surface area (Å²) in [5, 5.41) is 6.66. The number of carbonyl (C=O) groups excluding carboxylic acids is 5. The van der Waals surface area contributed by atoms with Gasteiger partial charge < -0.3 is 30.2 Å². The van der Waals surface area contributed by atoms with Crippen LogP contribution in [0.1, 0.15) is 44.4 Å². The number of rotatable bonds is 17. The summed E-state index contributed by atoms with van der Waals surface area (Å²) in [4.78, 5) is 63.3. The van der Waals surface area contributed by atoms with Gasteiger partial charge in [-0.05, 0) is 40.7 Å². The lowest BCUT2D eigenvalue weighted by atomic mass is 9.96. The Kier molecular flexibility index (Phi) is 13.8. The first kappa shape index (κ1) is 37.3. The number of benzene rings is 3. The van der Waals surface area contributed by atoms with Gasteiger partial charge in [-0.2, -0.15) is 8.78 Å². The van der Waals surface area contributed by atoms with Gasteiger partial charge in [0.2, 0.25) is 11.7 Å². The predicted molar refractivity (Wildman–Crippen MR) is 174 cm³/mol. The van der Waals surface area contributed by atoms with Gasteiger partial charge in [0.15, 0.2) is 0 Å². The maximum atomic E-state index is 15.4. The van der Waals surface area contributed by atoms with Gasteiger partial charge in [0, 0.05) is 6.42 Å². The molecule has 0 fully saturated rings. The van der Waals surface area contributed by atoms with E-state index in [1.165, 1.54) is 0 Å². The van der Waals surface area contributed by atoms with Crippen molar-refractivity contribution in [3.8, 4) is 5.75 Å². The minimum absolute atomic E-state index is 0.0786. The van der Waals surface area contributed by atoms with Gasteiger partial charge in [-0.25, -0.2) is 4.79 Å². The van der Waals surface area contributed by atoms with E-state index in [1.54, 1.807) is 82.3 Å². The van der Waals surface area contributed by atoms with Crippen molar-refractivity contribution in [2.45, 2.75) is 71.4 Å². The van der Waals surface area contributed by atoms with Gasteiger partial charge in [0.1, 0.15) is 31.3 Å². The smallest absolute Gasteiger partial charge is 0.408 e. The van der Waals surface area contributed by atoms with Crippen LogP contribution >= 0.6 is 0 Å². The molecule has 3 atom stereocenters. The lowest BCUT2D eigenvalue weighted by Gasteiger charge is -2.27. The molecule has 48 heavy (non-hydrogen) atoms. The fourth-order valence-corrected chi connectivity index (χ4v) is 4.53. The third-order valence-electron chi connectivity index (χ3n) is 7.44. The second-order valence-electron chi connectivity index (χ2n) is 11.9. The molecular weight excluding hydrogens is 624 g/mol. The van der Waals surface area contributed by atoms with Crippen LogP contribution in [0.5, 0.6) is 5.75 Å². The molecule has 3 aromatic rings. The highest BCUT2D eigenvalue weighted by Crippen LogP contribution is 2.22. The van der Waals surface area contributed by atoms with Crippen LogP contribution in [0.2, 0.25) is 0 Å². The summed E-state index contributed by atoms with van der Waals surface area (Å²) < 4.78 is 41.8. The van der Waals surface area contributed by atoms with Crippen molar-refractivity contribution >= 4 is 30.0 Å². The Balaban J connectivity index is 1.79. The number of ether oxygens (including phenoxy) is 2. The molecule has 10 nitrogen and oxygen atoms in total. The van der Waals surface area contributed by atoms with E-state index in [9.17, 15) is 24.0 Å². The molecule has 256 valence electrons. The predicted octanol–water partition coefficient (Wildman–Crippen LogP) is 4.79. The van der Waals surface area contributed by atoms with Crippen LogP contribution in [-0.4, -0.2) is 54.0 Å². The minimum atomic E-state index is -4.61. The maximum Gasteiger partial charge on any atom is 0.408 e. The summed E-state index contributed by atoms with van der Waals surface area (Å²) in [6.45, 7) is 6.51. The quantitative estimate of drug-likeness (QED) is 0.139. The SMILES string of the molecule is CC(C)C(C=O)NC(=O)C(F)(F)C(=O)C(Cc1ccc(OCc2ccccc2)cc1)NC(=O)[C@@H](NC(=O)OCc1ccccc1)C(C)C. The van der Waals surface area contributed by atoms with Crippen molar-refractivity contribution in [2.24, 2.45) is 11.8 Å². The van der Waals surface area contributed by atoms with Gasteiger partial charge >= 0.3 is 12.0 Å². The largest absolute Gasteiger partial charge is 0.489 e. The average molecular weight is 666 g/mol. The third kappa shape index (κ3) is 11.0. The maximum absolute atomic E-state index is 15.4. The first-order chi connectivity index (χ1) is 22.8. The highest BCUT2D eigenvalue weighted by molar-refractivity contribution is 6.11. The molecule has 0 radical (unpaired) electrons. The van der Waals surface area contributed by atoms with Crippen molar-refractivity contribution in [1.82, 2.24) is 16.0 Å². The van der Waals surface area contributed by atoms with E-state index in [0.717, 1.165) is 5.56 Å². The van der Waals surface area contributed by atoms with Crippen molar-refractivity contribution in [2.75, 3.05) is 0 Å². The number of alkyl halides is 2. The molecule has 0 aliphatic carbocycles. The first-order valence-corrected chi connectivity index (χ1v) is 15.5. The molecule has 0 aliphatic heterocycles. The van der Waals surface area contributed by atoms with Crippen LogP contribution < -0.4 is 20.7 Å². The number of alkyl carbamates (subject to hydrolysis) is 1. The number of halogens is 2. The van der Waals surface area contributed by atoms with E-state index in [1.807, 2.05) is 35.6 Å². The molecule has 0 saturated carbocycles. The summed E-state index contributed by atoms with van der Waals surface area (Å²) in [6.07, 6.45) is -1.05. The van der Waals surface area contributed by atoms with Crippen LogP contribution in [0.25, 0.3) is 0 Å². The van der Waals surface area contributed by atoms with Crippen molar-refractivity contribution < 1.29 is 42.2 Å². The Morgan fingerprint density at radius 3 is 1.81 bits per heavy atom. The molecule has 0 aromatic heterocycles. The second kappa shape index (κ2) is 17.7. The summed E-state index contributed by atoms with van der Waals surface area (Å²) in [5.41, 5.74) is 2.01. The number of nitrogens with one attached hydrogen (secondary N) is 3. The Labute approximate surface area is 278 Å². The molecule has 0 bridgehead atoms. The van der Waals surface area contributed by atoms with Gasteiger partial charge in [-0.1, -0.05) is 100 Å². The van der Waals surface area contributed by atoms with Crippen LogP contribution in [0, 0.1) is 11.8 Å². The zero-order chi connectivity index (χ0) is 35.3. The fraction of sp³-hybridized carbons (Fsp3) is 0.361. The number of aldehydes is 1. The highest BCUT2D eigenvalue weighted by atomic mass is 19.3. The molecule has 3 amide bonds. The summed E-state index contributed by atoms with van der Waals surface area (Å²) in [7, 11) is 0. The van der Waals surface area contributed by atoms with E-state index in [-0.39, 0.29) is 13.2 Å². The molecule has 0 heterocycles. The van der Waals surface area contributed by atoms with Crippen molar-refractivity contribution in [3.63, 3.8) is 0 Å². The van der Waals surface area contributed by atoms with Gasteiger partial charge in [-0.15, -0.1) is 0 Å².